The van der Waals surface area contributed by atoms with Gasteiger partial charge in [0.1, 0.15) is 11.4 Å². The van der Waals surface area contributed by atoms with Gasteiger partial charge in [0, 0.05) is 12.1 Å². The van der Waals surface area contributed by atoms with Gasteiger partial charge in [-0.15, -0.1) is 0 Å². The lowest BCUT2D eigenvalue weighted by Crippen LogP contribution is -2.32. The highest BCUT2D eigenvalue weighted by atomic mass is 16.6. The van der Waals surface area contributed by atoms with Crippen LogP contribution in [0.1, 0.15) is 20.3 Å². The van der Waals surface area contributed by atoms with E-state index in [9.17, 15) is 10.1 Å². The first-order valence-corrected chi connectivity index (χ1v) is 5.61. The molecule has 0 aliphatic carbocycles. The molecule has 0 saturated carbocycles. The maximum Gasteiger partial charge on any atom is 0.296 e. The fraction of sp³-hybridized carbons (Fsp3) is 0.500. The van der Waals surface area contributed by atoms with Crippen LogP contribution in [0.25, 0.3) is 0 Å². The molecule has 0 amide bonds. The largest absolute Gasteiger partial charge is 0.496 e. The van der Waals surface area contributed by atoms with Crippen LogP contribution in [0.15, 0.2) is 18.2 Å². The summed E-state index contributed by atoms with van der Waals surface area (Å²) < 4.78 is 4.97. The number of hydrogen-bond acceptors (Lipinski definition) is 5. The van der Waals surface area contributed by atoms with Gasteiger partial charge in [0.2, 0.25) is 0 Å². The van der Waals surface area contributed by atoms with E-state index < -0.39 is 10.5 Å². The number of anilines is 1. The monoisotopic (exact) mass is 254 g/mol. The Labute approximate surface area is 106 Å². The highest BCUT2D eigenvalue weighted by molar-refractivity contribution is 5.64. The minimum absolute atomic E-state index is 0.0178. The second-order valence-corrected chi connectivity index (χ2v) is 4.62. The van der Waals surface area contributed by atoms with Gasteiger partial charge in [-0.2, -0.15) is 0 Å². The number of aliphatic hydroxyl groups excluding tert-OH is 1. The molecule has 2 N–H and O–H groups in total. The molecule has 0 aliphatic heterocycles. The van der Waals surface area contributed by atoms with Gasteiger partial charge in [-0.1, -0.05) is 0 Å². The van der Waals surface area contributed by atoms with Crippen LogP contribution in [0.4, 0.5) is 11.4 Å². The first kappa shape index (κ1) is 14.2. The van der Waals surface area contributed by atoms with E-state index in [4.69, 9.17) is 9.84 Å². The van der Waals surface area contributed by atoms with Gasteiger partial charge >= 0.3 is 0 Å². The summed E-state index contributed by atoms with van der Waals surface area (Å²) in [5.41, 5.74) is -0.0479. The minimum atomic E-state index is -0.458. The number of methoxy groups -OCH3 is 1. The Bertz CT molecular complexity index is 432. The van der Waals surface area contributed by atoms with Crippen LogP contribution in [0.5, 0.6) is 5.75 Å². The molecular weight excluding hydrogens is 236 g/mol. The fourth-order valence-electron chi connectivity index (χ4n) is 1.60. The molecule has 0 aromatic heterocycles. The summed E-state index contributed by atoms with van der Waals surface area (Å²) in [6.45, 7) is 3.76. The van der Waals surface area contributed by atoms with E-state index in [0.717, 1.165) is 0 Å². The van der Waals surface area contributed by atoms with Crippen molar-refractivity contribution in [2.24, 2.45) is 0 Å². The summed E-state index contributed by atoms with van der Waals surface area (Å²) in [5, 5.41) is 23.0. The zero-order valence-corrected chi connectivity index (χ0v) is 10.8. The van der Waals surface area contributed by atoms with Crippen molar-refractivity contribution < 1.29 is 14.8 Å². The van der Waals surface area contributed by atoms with E-state index in [-0.39, 0.29) is 12.3 Å². The highest BCUT2D eigenvalue weighted by Crippen LogP contribution is 2.31. The smallest absolute Gasteiger partial charge is 0.296 e. The molecule has 1 rings (SSSR count). The lowest BCUT2D eigenvalue weighted by Gasteiger charge is -2.26. The number of hydrogen-bond donors (Lipinski definition) is 2. The van der Waals surface area contributed by atoms with Crippen LogP contribution in [0.2, 0.25) is 0 Å². The Morgan fingerprint density at radius 1 is 1.50 bits per heavy atom. The van der Waals surface area contributed by atoms with Gasteiger partial charge in [-0.25, -0.2) is 0 Å². The van der Waals surface area contributed by atoms with Gasteiger partial charge in [-0.05, 0) is 32.4 Å². The first-order valence-electron chi connectivity index (χ1n) is 5.61. The van der Waals surface area contributed by atoms with Gasteiger partial charge < -0.3 is 15.2 Å². The Hall–Kier alpha value is -1.82. The van der Waals surface area contributed by atoms with Crippen LogP contribution < -0.4 is 10.1 Å². The van der Waals surface area contributed by atoms with Crippen molar-refractivity contribution in [3.63, 3.8) is 0 Å². The van der Waals surface area contributed by atoms with Crippen molar-refractivity contribution in [3.8, 4) is 5.75 Å². The highest BCUT2D eigenvalue weighted by Gasteiger charge is 2.22. The van der Waals surface area contributed by atoms with Crippen LogP contribution >= 0.6 is 0 Å². The summed E-state index contributed by atoms with van der Waals surface area (Å²) in [6, 6.07) is 4.64. The maximum atomic E-state index is 11.0. The molecule has 1 aromatic carbocycles. The SMILES string of the molecule is COc1ccc(NC(C)(C)CCO)c([N+](=O)[O-])c1. The third-order valence-electron chi connectivity index (χ3n) is 2.61. The molecule has 100 valence electrons. The number of nitro groups is 1. The lowest BCUT2D eigenvalue weighted by atomic mass is 10.0. The number of nitrogens with one attached hydrogen (secondary N) is 1. The molecule has 0 atom stereocenters. The zero-order chi connectivity index (χ0) is 13.8. The predicted octanol–water partition coefficient (Wildman–Crippen LogP) is 2.18. The van der Waals surface area contributed by atoms with E-state index in [1.807, 2.05) is 13.8 Å². The van der Waals surface area contributed by atoms with Gasteiger partial charge in [-0.3, -0.25) is 10.1 Å². The molecule has 1 aromatic rings. The summed E-state index contributed by atoms with van der Waals surface area (Å²) in [5.74, 6) is 0.437. The molecule has 0 unspecified atom stereocenters. The van der Waals surface area contributed by atoms with Crippen LogP contribution in [-0.4, -0.2) is 29.3 Å². The molecule has 0 bridgehead atoms. The first-order chi connectivity index (χ1) is 8.39. The van der Waals surface area contributed by atoms with E-state index in [1.54, 1.807) is 12.1 Å². The Balaban J connectivity index is 3.05. The summed E-state index contributed by atoms with van der Waals surface area (Å²) in [6.07, 6.45) is 0.496. The van der Waals surface area contributed by atoms with Gasteiger partial charge in [0.25, 0.3) is 5.69 Å². The Morgan fingerprint density at radius 3 is 2.67 bits per heavy atom. The molecule has 0 spiro atoms. The van der Waals surface area contributed by atoms with Crippen LogP contribution in [0, 0.1) is 10.1 Å². The van der Waals surface area contributed by atoms with Gasteiger partial charge in [0.15, 0.2) is 0 Å². The summed E-state index contributed by atoms with van der Waals surface area (Å²) in [7, 11) is 1.46. The van der Waals surface area contributed by atoms with E-state index >= 15 is 0 Å². The Morgan fingerprint density at radius 2 is 2.17 bits per heavy atom. The Kier molecular flexibility index (Phi) is 4.49. The fourth-order valence-corrected chi connectivity index (χ4v) is 1.60. The standard InChI is InChI=1S/C12H18N2O4/c1-12(2,6-7-15)13-10-5-4-9(18-3)8-11(10)14(16)17/h4-5,8,13,15H,6-7H2,1-3H3. The maximum absolute atomic E-state index is 11.0. The summed E-state index contributed by atoms with van der Waals surface area (Å²) >= 11 is 0. The van der Waals surface area contributed by atoms with Crippen LogP contribution in [-0.2, 0) is 0 Å². The molecule has 0 radical (unpaired) electrons. The number of rotatable bonds is 6. The number of benzene rings is 1. The second-order valence-electron chi connectivity index (χ2n) is 4.62. The minimum Gasteiger partial charge on any atom is -0.496 e. The van der Waals surface area contributed by atoms with Crippen molar-refractivity contribution in [2.45, 2.75) is 25.8 Å². The lowest BCUT2D eigenvalue weighted by molar-refractivity contribution is -0.384. The van der Waals surface area contributed by atoms with E-state index in [0.29, 0.717) is 17.9 Å². The molecule has 0 heterocycles. The third kappa shape index (κ3) is 3.59. The normalized spacial score (nSPS) is 11.1. The number of ether oxygens (including phenoxy) is 1. The van der Waals surface area contributed by atoms with Crippen molar-refractivity contribution in [1.29, 1.82) is 0 Å². The summed E-state index contributed by atoms with van der Waals surface area (Å²) in [4.78, 5) is 10.5. The van der Waals surface area contributed by atoms with Crippen molar-refractivity contribution in [1.82, 2.24) is 0 Å². The van der Waals surface area contributed by atoms with E-state index in [1.165, 1.54) is 13.2 Å². The molecule has 6 heteroatoms. The van der Waals surface area contributed by atoms with E-state index in [2.05, 4.69) is 5.32 Å². The molecular formula is C12H18N2O4. The number of aliphatic hydroxyl groups is 1. The molecule has 0 aliphatic rings. The second kappa shape index (κ2) is 5.68. The van der Waals surface area contributed by atoms with Crippen molar-refractivity contribution in [2.75, 3.05) is 19.0 Å². The topological polar surface area (TPSA) is 84.6 Å². The number of nitrogens with zero attached hydrogens (tertiary/aromatic N) is 1. The van der Waals surface area contributed by atoms with Crippen molar-refractivity contribution >= 4 is 11.4 Å². The zero-order valence-electron chi connectivity index (χ0n) is 10.8. The predicted molar refractivity (Wildman–Crippen MR) is 69.1 cm³/mol. The quantitative estimate of drug-likeness (QED) is 0.600. The molecule has 6 nitrogen and oxygen atoms in total. The van der Waals surface area contributed by atoms with Crippen LogP contribution in [0.3, 0.4) is 0 Å². The molecule has 18 heavy (non-hydrogen) atoms. The number of nitro benzene ring substituents is 1. The van der Waals surface area contributed by atoms with Gasteiger partial charge in [0.05, 0.1) is 18.1 Å². The van der Waals surface area contributed by atoms with Crippen molar-refractivity contribution in [3.05, 3.63) is 28.3 Å². The average molecular weight is 254 g/mol. The molecule has 0 fully saturated rings. The average Bonchev–Trinajstić information content (AvgIpc) is 2.28. The molecule has 0 saturated heterocycles. The third-order valence-corrected chi connectivity index (χ3v) is 2.61.